The Labute approximate surface area is 106 Å². The zero-order chi connectivity index (χ0) is 11.5. The van der Waals surface area contributed by atoms with Crippen molar-refractivity contribution < 1.29 is 4.74 Å². The quantitative estimate of drug-likeness (QED) is 0.891. The van der Waals surface area contributed by atoms with Crippen LogP contribution in [0, 0.1) is 5.92 Å². The molecule has 0 saturated carbocycles. The molecule has 2 unspecified atom stereocenters. The lowest BCUT2D eigenvalue weighted by Gasteiger charge is -2.21. The highest BCUT2D eigenvalue weighted by atomic mass is 35.5. The standard InChI is InChI=1S/C12H15Cl2NO/c1-8(9-4-5-16-7-9)15-12-3-2-10(13)6-11(12)14/h2-3,6,8-9,15H,4-5,7H2,1H3. The Hall–Kier alpha value is -0.440. The maximum Gasteiger partial charge on any atom is 0.0652 e. The van der Waals surface area contributed by atoms with Gasteiger partial charge in [0.2, 0.25) is 0 Å². The summed E-state index contributed by atoms with van der Waals surface area (Å²) in [6, 6.07) is 5.87. The molecule has 0 spiro atoms. The molecule has 2 atom stereocenters. The zero-order valence-electron chi connectivity index (χ0n) is 9.17. The van der Waals surface area contributed by atoms with Crippen molar-refractivity contribution in [3.8, 4) is 0 Å². The SMILES string of the molecule is CC(Nc1ccc(Cl)cc1Cl)C1CCOC1. The molecule has 2 rings (SSSR count). The van der Waals surface area contributed by atoms with E-state index in [9.17, 15) is 0 Å². The van der Waals surface area contributed by atoms with Gasteiger partial charge in [-0.15, -0.1) is 0 Å². The lowest BCUT2D eigenvalue weighted by molar-refractivity contribution is 0.183. The minimum Gasteiger partial charge on any atom is -0.381 e. The largest absolute Gasteiger partial charge is 0.381 e. The molecule has 1 aliphatic heterocycles. The van der Waals surface area contributed by atoms with Gasteiger partial charge in [0.25, 0.3) is 0 Å². The van der Waals surface area contributed by atoms with Gasteiger partial charge in [0.1, 0.15) is 0 Å². The van der Waals surface area contributed by atoms with Crippen molar-refractivity contribution in [3.63, 3.8) is 0 Å². The van der Waals surface area contributed by atoms with E-state index in [2.05, 4.69) is 12.2 Å². The normalized spacial score (nSPS) is 22.1. The van der Waals surface area contributed by atoms with Crippen molar-refractivity contribution in [1.29, 1.82) is 0 Å². The maximum absolute atomic E-state index is 6.10. The van der Waals surface area contributed by atoms with Crippen molar-refractivity contribution in [2.24, 2.45) is 5.92 Å². The van der Waals surface area contributed by atoms with Gasteiger partial charge in [0.05, 0.1) is 17.3 Å². The number of benzene rings is 1. The Morgan fingerprint density at radius 2 is 2.25 bits per heavy atom. The summed E-state index contributed by atoms with van der Waals surface area (Å²) in [5, 5.41) is 4.73. The fourth-order valence-electron chi connectivity index (χ4n) is 1.92. The van der Waals surface area contributed by atoms with Crippen LogP contribution in [0.5, 0.6) is 0 Å². The molecule has 0 radical (unpaired) electrons. The van der Waals surface area contributed by atoms with Gasteiger partial charge in [-0.25, -0.2) is 0 Å². The van der Waals surface area contributed by atoms with Gasteiger partial charge < -0.3 is 10.1 Å². The molecule has 0 aliphatic carbocycles. The smallest absolute Gasteiger partial charge is 0.0652 e. The van der Waals surface area contributed by atoms with E-state index in [4.69, 9.17) is 27.9 Å². The van der Waals surface area contributed by atoms with E-state index < -0.39 is 0 Å². The van der Waals surface area contributed by atoms with E-state index in [1.54, 1.807) is 6.07 Å². The Morgan fingerprint density at radius 1 is 1.44 bits per heavy atom. The summed E-state index contributed by atoms with van der Waals surface area (Å²) in [6.45, 7) is 3.86. The molecule has 88 valence electrons. The molecule has 0 aromatic heterocycles. The number of rotatable bonds is 3. The van der Waals surface area contributed by atoms with E-state index in [1.165, 1.54) is 0 Å². The van der Waals surface area contributed by atoms with Crippen LogP contribution in [0.2, 0.25) is 10.0 Å². The minimum atomic E-state index is 0.362. The fourth-order valence-corrected chi connectivity index (χ4v) is 2.38. The molecule has 1 aromatic carbocycles. The van der Waals surface area contributed by atoms with Crippen molar-refractivity contribution in [1.82, 2.24) is 0 Å². The van der Waals surface area contributed by atoms with Crippen LogP contribution in [-0.4, -0.2) is 19.3 Å². The third-order valence-corrected chi connectivity index (χ3v) is 3.53. The van der Waals surface area contributed by atoms with Gasteiger partial charge in [0.15, 0.2) is 0 Å². The third-order valence-electron chi connectivity index (χ3n) is 2.99. The monoisotopic (exact) mass is 259 g/mol. The molecule has 1 heterocycles. The molecule has 1 aliphatic rings. The van der Waals surface area contributed by atoms with Crippen molar-refractivity contribution in [2.45, 2.75) is 19.4 Å². The second kappa shape index (κ2) is 5.26. The van der Waals surface area contributed by atoms with Crippen molar-refractivity contribution in [2.75, 3.05) is 18.5 Å². The Bertz CT molecular complexity index is 364. The van der Waals surface area contributed by atoms with Crippen LogP contribution in [-0.2, 0) is 4.74 Å². The van der Waals surface area contributed by atoms with Gasteiger partial charge in [-0.1, -0.05) is 23.2 Å². The van der Waals surface area contributed by atoms with Gasteiger partial charge in [0, 0.05) is 23.6 Å². The van der Waals surface area contributed by atoms with E-state index in [0.29, 0.717) is 22.0 Å². The molecule has 4 heteroatoms. The predicted octanol–water partition coefficient (Wildman–Crippen LogP) is 3.83. The maximum atomic E-state index is 6.10. The summed E-state index contributed by atoms with van der Waals surface area (Å²) in [7, 11) is 0. The summed E-state index contributed by atoms with van der Waals surface area (Å²) in [5.74, 6) is 0.562. The highest BCUT2D eigenvalue weighted by Crippen LogP contribution is 2.28. The van der Waals surface area contributed by atoms with Crippen LogP contribution in [0.1, 0.15) is 13.3 Å². The summed E-state index contributed by atoms with van der Waals surface area (Å²) >= 11 is 12.0. The fraction of sp³-hybridized carbons (Fsp3) is 0.500. The molecule has 1 aromatic rings. The first-order chi connectivity index (χ1) is 7.66. The highest BCUT2D eigenvalue weighted by Gasteiger charge is 2.22. The Kier molecular flexibility index (Phi) is 3.95. The van der Waals surface area contributed by atoms with Crippen LogP contribution >= 0.6 is 23.2 Å². The van der Waals surface area contributed by atoms with E-state index in [0.717, 1.165) is 25.3 Å². The van der Waals surface area contributed by atoms with Crippen LogP contribution in [0.3, 0.4) is 0 Å². The second-order valence-electron chi connectivity index (χ2n) is 4.18. The number of anilines is 1. The first-order valence-electron chi connectivity index (χ1n) is 5.46. The summed E-state index contributed by atoms with van der Waals surface area (Å²) in [4.78, 5) is 0. The molecule has 2 nitrogen and oxygen atoms in total. The number of nitrogens with one attached hydrogen (secondary N) is 1. The summed E-state index contributed by atoms with van der Waals surface area (Å²) < 4.78 is 5.37. The second-order valence-corrected chi connectivity index (χ2v) is 5.02. The van der Waals surface area contributed by atoms with Gasteiger partial charge in [-0.2, -0.15) is 0 Å². The molecule has 0 bridgehead atoms. The lowest BCUT2D eigenvalue weighted by atomic mass is 10.0. The number of halogens is 2. The first-order valence-corrected chi connectivity index (χ1v) is 6.22. The molecule has 0 amide bonds. The summed E-state index contributed by atoms with van der Waals surface area (Å²) in [6.07, 6.45) is 1.11. The van der Waals surface area contributed by atoms with Gasteiger partial charge in [-0.05, 0) is 31.5 Å². The van der Waals surface area contributed by atoms with E-state index >= 15 is 0 Å². The van der Waals surface area contributed by atoms with Gasteiger partial charge >= 0.3 is 0 Å². The van der Waals surface area contributed by atoms with Crippen LogP contribution in [0.4, 0.5) is 5.69 Å². The van der Waals surface area contributed by atoms with Crippen molar-refractivity contribution in [3.05, 3.63) is 28.2 Å². The van der Waals surface area contributed by atoms with E-state index in [-0.39, 0.29) is 0 Å². The molecule has 1 fully saturated rings. The average Bonchev–Trinajstić information content (AvgIpc) is 2.75. The molecular formula is C12H15Cl2NO. The van der Waals surface area contributed by atoms with Crippen LogP contribution < -0.4 is 5.32 Å². The predicted molar refractivity (Wildman–Crippen MR) is 68.5 cm³/mol. The minimum absolute atomic E-state index is 0.362. The molecule has 1 saturated heterocycles. The lowest BCUT2D eigenvalue weighted by Crippen LogP contribution is -2.26. The number of hydrogen-bond acceptors (Lipinski definition) is 2. The first kappa shape index (κ1) is 12.0. The Morgan fingerprint density at radius 3 is 2.88 bits per heavy atom. The zero-order valence-corrected chi connectivity index (χ0v) is 10.7. The Balaban J connectivity index is 2.02. The van der Waals surface area contributed by atoms with E-state index in [1.807, 2.05) is 12.1 Å². The number of ether oxygens (including phenoxy) is 1. The van der Waals surface area contributed by atoms with Crippen molar-refractivity contribution >= 4 is 28.9 Å². The van der Waals surface area contributed by atoms with Gasteiger partial charge in [-0.3, -0.25) is 0 Å². The topological polar surface area (TPSA) is 21.3 Å². The summed E-state index contributed by atoms with van der Waals surface area (Å²) in [5.41, 5.74) is 0.936. The highest BCUT2D eigenvalue weighted by molar-refractivity contribution is 6.36. The molecule has 1 N–H and O–H groups in total. The molecule has 16 heavy (non-hydrogen) atoms. The average molecular weight is 260 g/mol. The van der Waals surface area contributed by atoms with Crippen LogP contribution in [0.15, 0.2) is 18.2 Å². The molecular weight excluding hydrogens is 245 g/mol. The number of hydrogen-bond donors (Lipinski definition) is 1. The van der Waals surface area contributed by atoms with Crippen LogP contribution in [0.25, 0.3) is 0 Å². The third kappa shape index (κ3) is 2.82.